The lowest BCUT2D eigenvalue weighted by Crippen LogP contribution is -2.38. The summed E-state index contributed by atoms with van der Waals surface area (Å²) in [4.78, 5) is 15.1. The van der Waals surface area contributed by atoms with E-state index in [0.717, 1.165) is 24.9 Å². The standard InChI is InChI=1S/C22H26FNO4/c1-3-28-20-8-4-6-16(22(20)26)14-24-11-5-7-15(13-24)21(25)18-12-17(23)9-10-19(18)27-2/h4,6,8-10,12,15,26H,3,5,7,11,13-14H2,1-2H3. The Morgan fingerprint density at radius 1 is 1.29 bits per heavy atom. The van der Waals surface area contributed by atoms with Crippen LogP contribution in [0.15, 0.2) is 36.4 Å². The minimum absolute atomic E-state index is 0.103. The van der Waals surface area contributed by atoms with Crippen molar-refractivity contribution >= 4 is 5.78 Å². The van der Waals surface area contributed by atoms with Gasteiger partial charge in [0.15, 0.2) is 17.3 Å². The zero-order valence-electron chi connectivity index (χ0n) is 16.3. The van der Waals surface area contributed by atoms with E-state index in [1.807, 2.05) is 19.1 Å². The SMILES string of the molecule is CCOc1cccc(CN2CCCC(C(=O)c3cc(F)ccc3OC)C2)c1O. The highest BCUT2D eigenvalue weighted by molar-refractivity contribution is 6.00. The van der Waals surface area contributed by atoms with Gasteiger partial charge >= 0.3 is 0 Å². The van der Waals surface area contributed by atoms with Gasteiger partial charge in [0.2, 0.25) is 0 Å². The van der Waals surface area contributed by atoms with Crippen LogP contribution in [0.3, 0.4) is 0 Å². The van der Waals surface area contributed by atoms with Crippen LogP contribution >= 0.6 is 0 Å². The van der Waals surface area contributed by atoms with Crippen LogP contribution in [-0.2, 0) is 6.54 Å². The highest BCUT2D eigenvalue weighted by Crippen LogP contribution is 2.32. The van der Waals surface area contributed by atoms with Crippen LogP contribution in [0.1, 0.15) is 35.7 Å². The lowest BCUT2D eigenvalue weighted by atomic mass is 9.89. The Labute approximate surface area is 164 Å². The molecule has 0 spiro atoms. The van der Waals surface area contributed by atoms with Crippen LogP contribution in [0, 0.1) is 11.7 Å². The molecule has 2 aromatic rings. The minimum atomic E-state index is -0.450. The maximum Gasteiger partial charge on any atom is 0.171 e. The second kappa shape index (κ2) is 9.06. The first-order valence-corrected chi connectivity index (χ1v) is 9.57. The number of piperidine rings is 1. The summed E-state index contributed by atoms with van der Waals surface area (Å²) in [7, 11) is 1.48. The number of nitrogens with zero attached hydrogens (tertiary/aromatic N) is 1. The van der Waals surface area contributed by atoms with E-state index in [9.17, 15) is 14.3 Å². The number of halogens is 1. The average molecular weight is 387 g/mol. The van der Waals surface area contributed by atoms with E-state index in [1.165, 1.54) is 25.3 Å². The van der Waals surface area contributed by atoms with Gasteiger partial charge in [0.05, 0.1) is 19.3 Å². The molecule has 1 N–H and O–H groups in total. The second-order valence-electron chi connectivity index (χ2n) is 6.98. The first-order valence-electron chi connectivity index (χ1n) is 9.57. The topological polar surface area (TPSA) is 59.0 Å². The number of hydrogen-bond donors (Lipinski definition) is 1. The Hall–Kier alpha value is -2.60. The van der Waals surface area contributed by atoms with Gasteiger partial charge in [-0.2, -0.15) is 0 Å². The molecule has 1 fully saturated rings. The number of likely N-dealkylation sites (tertiary alicyclic amines) is 1. The van der Waals surface area contributed by atoms with Gasteiger partial charge < -0.3 is 14.6 Å². The van der Waals surface area contributed by atoms with Crippen molar-refractivity contribution in [3.8, 4) is 17.2 Å². The first-order chi connectivity index (χ1) is 13.5. The van der Waals surface area contributed by atoms with Crippen LogP contribution in [0.4, 0.5) is 4.39 Å². The Morgan fingerprint density at radius 3 is 2.86 bits per heavy atom. The zero-order chi connectivity index (χ0) is 20.1. The number of hydrogen-bond acceptors (Lipinski definition) is 5. The van der Waals surface area contributed by atoms with Gasteiger partial charge in [-0.25, -0.2) is 4.39 Å². The number of carbonyl (C=O) groups is 1. The number of rotatable bonds is 7. The third kappa shape index (κ3) is 4.44. The molecular weight excluding hydrogens is 361 g/mol. The molecule has 0 aromatic heterocycles. The quantitative estimate of drug-likeness (QED) is 0.727. The summed E-state index contributed by atoms with van der Waals surface area (Å²) in [6, 6.07) is 9.47. The molecule has 1 aliphatic rings. The molecule has 1 aliphatic heterocycles. The molecule has 1 unspecified atom stereocenters. The monoisotopic (exact) mass is 387 g/mol. The van der Waals surface area contributed by atoms with E-state index in [-0.39, 0.29) is 23.0 Å². The van der Waals surface area contributed by atoms with E-state index >= 15 is 0 Å². The normalized spacial score (nSPS) is 17.3. The summed E-state index contributed by atoms with van der Waals surface area (Å²) >= 11 is 0. The smallest absolute Gasteiger partial charge is 0.171 e. The fourth-order valence-corrected chi connectivity index (χ4v) is 3.71. The molecule has 150 valence electrons. The summed E-state index contributed by atoms with van der Waals surface area (Å²) in [6.07, 6.45) is 1.61. The molecule has 3 rings (SSSR count). The van der Waals surface area contributed by atoms with Crippen molar-refractivity contribution in [2.75, 3.05) is 26.8 Å². The van der Waals surface area contributed by atoms with Gasteiger partial charge in [-0.15, -0.1) is 0 Å². The molecule has 1 saturated heterocycles. The summed E-state index contributed by atoms with van der Waals surface area (Å²) in [6.45, 7) is 4.26. The Balaban J connectivity index is 1.74. The number of aromatic hydroxyl groups is 1. The van der Waals surface area contributed by atoms with Crippen molar-refractivity contribution in [2.24, 2.45) is 5.92 Å². The fourth-order valence-electron chi connectivity index (χ4n) is 3.71. The van der Waals surface area contributed by atoms with E-state index < -0.39 is 5.82 Å². The summed E-state index contributed by atoms with van der Waals surface area (Å²) < 4.78 is 24.3. The summed E-state index contributed by atoms with van der Waals surface area (Å²) in [5.74, 6) is 0.216. The number of carbonyl (C=O) groups excluding carboxylic acids is 1. The van der Waals surface area contributed by atoms with Crippen molar-refractivity contribution in [2.45, 2.75) is 26.3 Å². The summed E-state index contributed by atoms with van der Waals surface area (Å²) in [5.41, 5.74) is 1.05. The zero-order valence-corrected chi connectivity index (χ0v) is 16.3. The first kappa shape index (κ1) is 20.1. The number of ether oxygens (including phenoxy) is 2. The molecule has 0 bridgehead atoms. The molecule has 1 atom stereocenters. The second-order valence-corrected chi connectivity index (χ2v) is 6.98. The van der Waals surface area contributed by atoms with Gasteiger partial charge in [0.25, 0.3) is 0 Å². The van der Waals surface area contributed by atoms with Crippen molar-refractivity contribution in [1.29, 1.82) is 0 Å². The Morgan fingerprint density at radius 2 is 2.11 bits per heavy atom. The number of Topliss-reactive ketones (excluding diaryl/α,β-unsaturated/α-hetero) is 1. The lowest BCUT2D eigenvalue weighted by Gasteiger charge is -2.32. The lowest BCUT2D eigenvalue weighted by molar-refractivity contribution is 0.0807. The number of methoxy groups -OCH3 is 1. The molecule has 0 radical (unpaired) electrons. The van der Waals surface area contributed by atoms with Crippen LogP contribution in [0.5, 0.6) is 17.2 Å². The Kier molecular flexibility index (Phi) is 6.52. The number of ketones is 1. The van der Waals surface area contributed by atoms with Crippen LogP contribution in [-0.4, -0.2) is 42.6 Å². The van der Waals surface area contributed by atoms with Crippen molar-refractivity contribution in [3.05, 3.63) is 53.3 Å². The van der Waals surface area contributed by atoms with Crippen LogP contribution in [0.25, 0.3) is 0 Å². The minimum Gasteiger partial charge on any atom is -0.504 e. The number of para-hydroxylation sites is 1. The molecule has 0 saturated carbocycles. The fraction of sp³-hybridized carbons (Fsp3) is 0.409. The third-order valence-electron chi connectivity index (χ3n) is 5.08. The van der Waals surface area contributed by atoms with Gasteiger partial charge in [0, 0.05) is 24.6 Å². The number of benzene rings is 2. The largest absolute Gasteiger partial charge is 0.504 e. The molecular formula is C22H26FNO4. The van der Waals surface area contributed by atoms with Crippen LogP contribution < -0.4 is 9.47 Å². The van der Waals surface area contributed by atoms with Crippen molar-refractivity contribution < 1.29 is 23.8 Å². The van der Waals surface area contributed by atoms with Crippen molar-refractivity contribution in [3.63, 3.8) is 0 Å². The molecule has 5 nitrogen and oxygen atoms in total. The maximum absolute atomic E-state index is 13.7. The van der Waals surface area contributed by atoms with E-state index in [0.29, 0.717) is 31.2 Å². The highest BCUT2D eigenvalue weighted by Gasteiger charge is 2.29. The maximum atomic E-state index is 13.7. The van der Waals surface area contributed by atoms with Crippen LogP contribution in [0.2, 0.25) is 0 Å². The molecule has 0 amide bonds. The van der Waals surface area contributed by atoms with E-state index in [1.54, 1.807) is 6.07 Å². The number of phenols is 1. The highest BCUT2D eigenvalue weighted by atomic mass is 19.1. The van der Waals surface area contributed by atoms with E-state index in [2.05, 4.69) is 4.90 Å². The summed E-state index contributed by atoms with van der Waals surface area (Å²) in [5, 5.41) is 10.4. The molecule has 2 aromatic carbocycles. The molecule has 0 aliphatic carbocycles. The molecule has 28 heavy (non-hydrogen) atoms. The predicted octanol–water partition coefficient (Wildman–Crippen LogP) is 4.03. The predicted molar refractivity (Wildman–Crippen MR) is 105 cm³/mol. The molecule has 6 heteroatoms. The van der Waals surface area contributed by atoms with Gasteiger partial charge in [-0.3, -0.25) is 9.69 Å². The average Bonchev–Trinajstić information content (AvgIpc) is 2.71. The number of phenolic OH excluding ortho intramolecular Hbond substituents is 1. The van der Waals surface area contributed by atoms with Gasteiger partial charge in [-0.05, 0) is 50.6 Å². The van der Waals surface area contributed by atoms with E-state index in [4.69, 9.17) is 9.47 Å². The van der Waals surface area contributed by atoms with Gasteiger partial charge in [-0.1, -0.05) is 12.1 Å². The third-order valence-corrected chi connectivity index (χ3v) is 5.08. The van der Waals surface area contributed by atoms with Gasteiger partial charge in [0.1, 0.15) is 11.6 Å². The Bertz CT molecular complexity index is 839. The molecule has 1 heterocycles. The van der Waals surface area contributed by atoms with Crippen molar-refractivity contribution in [1.82, 2.24) is 4.90 Å².